The van der Waals surface area contributed by atoms with Crippen molar-refractivity contribution in [2.45, 2.75) is 23.8 Å². The molecule has 0 aromatic heterocycles. The number of rotatable bonds is 3. The fraction of sp³-hybridized carbons (Fsp3) is 0.462. The van der Waals surface area contributed by atoms with Crippen molar-refractivity contribution in [1.82, 2.24) is 4.31 Å². The molecule has 1 aromatic carbocycles. The first-order valence-corrected chi connectivity index (χ1v) is 7.89. The highest BCUT2D eigenvalue weighted by Crippen LogP contribution is 2.32. The smallest absolute Gasteiger partial charge is 0.245 e. The van der Waals surface area contributed by atoms with Crippen LogP contribution in [0.2, 0.25) is 5.02 Å². The Kier molecular flexibility index (Phi) is 4.07. The molecule has 5 nitrogen and oxygen atoms in total. The molecule has 1 aromatic rings. The van der Waals surface area contributed by atoms with Gasteiger partial charge in [-0.15, -0.1) is 0 Å². The standard InChI is InChI=1S/C13H15ClN2O3S/c1-10-3-4-11(14)12(7-10)20(17,18)16(2)13(8-15)5-6-19-9-13/h3-4,7H,5-6,9H2,1-2H3/t13-/m0/s1. The SMILES string of the molecule is Cc1ccc(Cl)c(S(=O)(=O)N(C)[C@]2(C#N)CCOC2)c1. The van der Waals surface area contributed by atoms with E-state index < -0.39 is 15.6 Å². The summed E-state index contributed by atoms with van der Waals surface area (Å²) in [6.45, 7) is 2.23. The van der Waals surface area contributed by atoms with E-state index in [1.54, 1.807) is 19.1 Å². The summed E-state index contributed by atoms with van der Waals surface area (Å²) in [7, 11) is -2.45. The maximum Gasteiger partial charge on any atom is 0.245 e. The van der Waals surface area contributed by atoms with Gasteiger partial charge in [-0.25, -0.2) is 8.42 Å². The summed E-state index contributed by atoms with van der Waals surface area (Å²) in [5.41, 5.74) is -0.374. The van der Waals surface area contributed by atoms with Gasteiger partial charge in [0.2, 0.25) is 10.0 Å². The van der Waals surface area contributed by atoms with Gasteiger partial charge in [0.1, 0.15) is 10.4 Å². The van der Waals surface area contributed by atoms with E-state index >= 15 is 0 Å². The third kappa shape index (κ3) is 2.42. The minimum absolute atomic E-state index is 0.0168. The molecule has 1 fully saturated rings. The molecule has 0 radical (unpaired) electrons. The first-order chi connectivity index (χ1) is 9.33. The summed E-state index contributed by atoms with van der Waals surface area (Å²) in [6, 6.07) is 6.85. The number of halogens is 1. The lowest BCUT2D eigenvalue weighted by atomic mass is 10.0. The van der Waals surface area contributed by atoms with Gasteiger partial charge in [0.05, 0.1) is 17.7 Å². The second kappa shape index (κ2) is 5.34. The summed E-state index contributed by atoms with van der Waals surface area (Å²) < 4.78 is 31.7. The summed E-state index contributed by atoms with van der Waals surface area (Å²) in [6.07, 6.45) is 0.350. The molecule has 0 bridgehead atoms. The zero-order valence-electron chi connectivity index (χ0n) is 11.3. The van der Waals surface area contributed by atoms with Gasteiger partial charge in [0, 0.05) is 20.1 Å². The van der Waals surface area contributed by atoms with Crippen molar-refractivity contribution < 1.29 is 13.2 Å². The Morgan fingerprint density at radius 1 is 1.50 bits per heavy atom. The Balaban J connectivity index is 2.50. The lowest BCUT2D eigenvalue weighted by Crippen LogP contribution is -2.49. The zero-order chi connectivity index (χ0) is 15.0. The Bertz CT molecular complexity index is 661. The molecular formula is C13H15ClN2O3S. The molecule has 1 heterocycles. The van der Waals surface area contributed by atoms with E-state index in [9.17, 15) is 13.7 Å². The van der Waals surface area contributed by atoms with Crippen molar-refractivity contribution in [3.8, 4) is 6.07 Å². The van der Waals surface area contributed by atoms with Crippen LogP contribution in [-0.4, -0.2) is 38.5 Å². The number of likely N-dealkylation sites (N-methyl/N-ethyl adjacent to an activating group) is 1. The number of benzene rings is 1. The van der Waals surface area contributed by atoms with Crippen LogP contribution in [0.1, 0.15) is 12.0 Å². The van der Waals surface area contributed by atoms with Crippen LogP contribution in [0.4, 0.5) is 0 Å². The van der Waals surface area contributed by atoms with Gasteiger partial charge in [-0.05, 0) is 24.6 Å². The first-order valence-electron chi connectivity index (χ1n) is 6.08. The molecule has 0 aliphatic carbocycles. The quantitative estimate of drug-likeness (QED) is 0.855. The number of aryl methyl sites for hydroxylation is 1. The molecule has 0 amide bonds. The topological polar surface area (TPSA) is 70.4 Å². The van der Waals surface area contributed by atoms with Crippen LogP contribution < -0.4 is 0 Å². The van der Waals surface area contributed by atoms with Gasteiger partial charge in [-0.2, -0.15) is 9.57 Å². The number of hydrogen-bond acceptors (Lipinski definition) is 4. The maximum atomic E-state index is 12.7. The maximum absolute atomic E-state index is 12.7. The van der Waals surface area contributed by atoms with Gasteiger partial charge >= 0.3 is 0 Å². The minimum atomic E-state index is -3.85. The van der Waals surface area contributed by atoms with Crippen molar-refractivity contribution >= 4 is 21.6 Å². The molecule has 0 saturated carbocycles. The molecule has 0 spiro atoms. The molecule has 0 N–H and O–H groups in total. The predicted molar refractivity (Wildman–Crippen MR) is 74.9 cm³/mol. The molecule has 1 saturated heterocycles. The van der Waals surface area contributed by atoms with Crippen LogP contribution >= 0.6 is 11.6 Å². The van der Waals surface area contributed by atoms with E-state index in [2.05, 4.69) is 6.07 Å². The highest BCUT2D eigenvalue weighted by Gasteiger charge is 2.45. The fourth-order valence-electron chi connectivity index (χ4n) is 2.15. The van der Waals surface area contributed by atoms with E-state index in [4.69, 9.17) is 16.3 Å². The van der Waals surface area contributed by atoms with Gasteiger partial charge < -0.3 is 4.74 Å². The predicted octanol–water partition coefficient (Wildman–Crippen LogP) is 1.95. The Morgan fingerprint density at radius 2 is 2.20 bits per heavy atom. The zero-order valence-corrected chi connectivity index (χ0v) is 12.8. The third-order valence-electron chi connectivity index (χ3n) is 3.54. The average molecular weight is 315 g/mol. The van der Waals surface area contributed by atoms with E-state index in [0.717, 1.165) is 9.87 Å². The van der Waals surface area contributed by atoms with Crippen LogP contribution in [0.15, 0.2) is 23.1 Å². The molecule has 2 rings (SSSR count). The van der Waals surface area contributed by atoms with E-state index in [0.29, 0.717) is 13.0 Å². The van der Waals surface area contributed by atoms with E-state index in [1.165, 1.54) is 13.1 Å². The minimum Gasteiger partial charge on any atom is -0.378 e. The van der Waals surface area contributed by atoms with Gasteiger partial charge in [-0.1, -0.05) is 17.7 Å². The first kappa shape index (κ1) is 15.3. The van der Waals surface area contributed by atoms with Crippen LogP contribution in [0, 0.1) is 18.3 Å². The normalized spacial score (nSPS) is 22.9. The number of nitriles is 1. The lowest BCUT2D eigenvalue weighted by Gasteiger charge is -2.30. The van der Waals surface area contributed by atoms with E-state index in [1.807, 2.05) is 0 Å². The van der Waals surface area contributed by atoms with Crippen LogP contribution in [0.3, 0.4) is 0 Å². The second-order valence-corrected chi connectivity index (χ2v) is 7.20. The number of hydrogen-bond donors (Lipinski definition) is 0. The third-order valence-corrected chi connectivity index (χ3v) is 5.94. The van der Waals surface area contributed by atoms with Gasteiger partial charge in [0.25, 0.3) is 0 Å². The second-order valence-electron chi connectivity index (χ2n) is 4.85. The van der Waals surface area contributed by atoms with Crippen molar-refractivity contribution in [3.05, 3.63) is 28.8 Å². The number of nitrogens with zero attached hydrogens (tertiary/aromatic N) is 2. The Hall–Kier alpha value is -1.13. The number of ether oxygens (including phenoxy) is 1. The molecule has 1 aliphatic heterocycles. The van der Waals surface area contributed by atoms with Crippen LogP contribution in [-0.2, 0) is 14.8 Å². The summed E-state index contributed by atoms with van der Waals surface area (Å²) in [5.74, 6) is 0. The van der Waals surface area contributed by atoms with Gasteiger partial charge in [-0.3, -0.25) is 0 Å². The highest BCUT2D eigenvalue weighted by atomic mass is 35.5. The molecular weight excluding hydrogens is 300 g/mol. The molecule has 20 heavy (non-hydrogen) atoms. The van der Waals surface area contributed by atoms with E-state index in [-0.39, 0.29) is 16.5 Å². The van der Waals surface area contributed by atoms with Crippen LogP contribution in [0.5, 0.6) is 0 Å². The van der Waals surface area contributed by atoms with Crippen molar-refractivity contribution in [3.63, 3.8) is 0 Å². The lowest BCUT2D eigenvalue weighted by molar-refractivity contribution is 0.162. The van der Waals surface area contributed by atoms with Gasteiger partial charge in [0.15, 0.2) is 0 Å². The Morgan fingerprint density at radius 3 is 2.75 bits per heavy atom. The largest absolute Gasteiger partial charge is 0.378 e. The average Bonchev–Trinajstić information content (AvgIpc) is 2.90. The highest BCUT2D eigenvalue weighted by molar-refractivity contribution is 7.89. The summed E-state index contributed by atoms with van der Waals surface area (Å²) >= 11 is 6.00. The van der Waals surface area contributed by atoms with Crippen LogP contribution in [0.25, 0.3) is 0 Å². The molecule has 108 valence electrons. The number of sulfonamides is 1. The molecule has 7 heteroatoms. The molecule has 0 unspecified atom stereocenters. The fourth-order valence-corrected chi connectivity index (χ4v) is 4.15. The summed E-state index contributed by atoms with van der Waals surface area (Å²) in [4.78, 5) is 0.0168. The molecule has 1 atom stereocenters. The monoisotopic (exact) mass is 314 g/mol. The molecule has 1 aliphatic rings. The van der Waals surface area contributed by atoms with Crippen molar-refractivity contribution in [2.24, 2.45) is 0 Å². The van der Waals surface area contributed by atoms with Crippen molar-refractivity contribution in [1.29, 1.82) is 5.26 Å². The Labute approximate surface area is 123 Å². The summed E-state index contributed by atoms with van der Waals surface area (Å²) in [5, 5.41) is 9.50. The van der Waals surface area contributed by atoms with Crippen molar-refractivity contribution in [2.75, 3.05) is 20.3 Å².